The lowest BCUT2D eigenvalue weighted by atomic mass is 10.1. The van der Waals surface area contributed by atoms with E-state index in [1.165, 1.54) is 12.1 Å². The van der Waals surface area contributed by atoms with E-state index in [4.69, 9.17) is 24.4 Å². The van der Waals surface area contributed by atoms with Crippen molar-refractivity contribution < 1.29 is 24.1 Å². The maximum atomic E-state index is 11.2. The molecule has 0 bridgehead atoms. The highest BCUT2D eigenvalue weighted by molar-refractivity contribution is 5.93. The zero-order valence-electron chi connectivity index (χ0n) is 19.3. The van der Waals surface area contributed by atoms with Gasteiger partial charge in [-0.1, -0.05) is 12.1 Å². The van der Waals surface area contributed by atoms with E-state index in [0.717, 1.165) is 29.5 Å². The van der Waals surface area contributed by atoms with Crippen LogP contribution in [-0.2, 0) is 11.3 Å². The third-order valence-corrected chi connectivity index (χ3v) is 5.98. The summed E-state index contributed by atoms with van der Waals surface area (Å²) in [6, 6.07) is 16.2. The molecule has 1 aliphatic rings. The second kappa shape index (κ2) is 10.0. The summed E-state index contributed by atoms with van der Waals surface area (Å²) in [5.74, 6) is 1.64. The smallest absolute Gasteiger partial charge is 0.335 e. The highest BCUT2D eigenvalue weighted by Gasteiger charge is 2.21. The van der Waals surface area contributed by atoms with Crippen molar-refractivity contribution >= 4 is 22.8 Å². The first-order valence-electron chi connectivity index (χ1n) is 11.4. The lowest BCUT2D eigenvalue weighted by Gasteiger charge is -2.23. The van der Waals surface area contributed by atoms with Gasteiger partial charge in [-0.3, -0.25) is 0 Å². The van der Waals surface area contributed by atoms with Gasteiger partial charge < -0.3 is 24.6 Å². The average molecular weight is 475 g/mol. The topological polar surface area (TPSA) is 108 Å². The number of aromatic nitrogens is 3. The largest absolute Gasteiger partial charge is 0.497 e. The van der Waals surface area contributed by atoms with Crippen molar-refractivity contribution in [1.29, 1.82) is 0 Å². The molecule has 9 heteroatoms. The van der Waals surface area contributed by atoms with Crippen molar-refractivity contribution in [3.05, 3.63) is 71.9 Å². The average Bonchev–Trinajstić information content (AvgIpc) is 3.23. The van der Waals surface area contributed by atoms with Gasteiger partial charge in [-0.2, -0.15) is 5.10 Å². The molecule has 1 saturated heterocycles. The molecular weight excluding hydrogens is 448 g/mol. The van der Waals surface area contributed by atoms with Gasteiger partial charge >= 0.3 is 5.97 Å². The summed E-state index contributed by atoms with van der Waals surface area (Å²) >= 11 is 0. The number of hydrogen-bond donors (Lipinski definition) is 2. The first-order chi connectivity index (χ1) is 17.1. The van der Waals surface area contributed by atoms with E-state index in [1.807, 2.05) is 28.9 Å². The van der Waals surface area contributed by atoms with Gasteiger partial charge in [0.15, 0.2) is 11.5 Å². The maximum Gasteiger partial charge on any atom is 0.335 e. The summed E-state index contributed by atoms with van der Waals surface area (Å²) in [5.41, 5.74) is 1.95. The minimum absolute atomic E-state index is 0.200. The first-order valence-corrected chi connectivity index (χ1v) is 11.4. The molecule has 5 rings (SSSR count). The molecule has 2 aromatic carbocycles. The van der Waals surface area contributed by atoms with Crippen molar-refractivity contribution in [3.8, 4) is 17.2 Å². The number of rotatable bonds is 8. The van der Waals surface area contributed by atoms with Crippen LogP contribution in [0.4, 0.5) is 5.82 Å². The Hall–Kier alpha value is -4.11. The molecule has 3 heterocycles. The van der Waals surface area contributed by atoms with Gasteiger partial charge in [0.05, 0.1) is 19.2 Å². The van der Waals surface area contributed by atoms with Crippen molar-refractivity contribution in [2.45, 2.75) is 25.4 Å². The number of aromatic carboxylic acids is 1. The molecule has 2 aromatic heterocycles. The minimum Gasteiger partial charge on any atom is -0.497 e. The van der Waals surface area contributed by atoms with Gasteiger partial charge in [0.25, 0.3) is 0 Å². The molecule has 0 amide bonds. The number of carbonyl (C=O) groups is 1. The molecular formula is C26H26N4O5. The van der Waals surface area contributed by atoms with Gasteiger partial charge in [0, 0.05) is 31.5 Å². The highest BCUT2D eigenvalue weighted by atomic mass is 16.5. The first kappa shape index (κ1) is 22.7. The van der Waals surface area contributed by atoms with Crippen LogP contribution in [0.15, 0.2) is 60.8 Å². The maximum absolute atomic E-state index is 11.2. The Kier molecular flexibility index (Phi) is 6.49. The van der Waals surface area contributed by atoms with Gasteiger partial charge in [0.2, 0.25) is 0 Å². The van der Waals surface area contributed by atoms with Crippen LogP contribution < -0.4 is 14.8 Å². The van der Waals surface area contributed by atoms with E-state index in [1.54, 1.807) is 31.5 Å². The number of methoxy groups -OCH3 is 1. The summed E-state index contributed by atoms with van der Waals surface area (Å²) in [4.78, 5) is 15.8. The van der Waals surface area contributed by atoms with Crippen LogP contribution in [-0.4, -0.2) is 52.2 Å². The van der Waals surface area contributed by atoms with Crippen LogP contribution >= 0.6 is 0 Å². The molecule has 0 atom stereocenters. The standard InChI is InChI=1S/C26H26N4O5/c1-33-20-6-2-17(3-7-20)16-30-25-23(24(29-30)28-19-11-14-34-15-12-19)22(10-13-27-25)35-21-8-4-18(5-9-21)26(31)32/h2-10,13,19H,11-12,14-16H2,1H3,(H,28,29)(H,31,32). The van der Waals surface area contributed by atoms with E-state index in [9.17, 15) is 4.79 Å². The van der Waals surface area contributed by atoms with Crippen LogP contribution in [0, 0.1) is 0 Å². The van der Waals surface area contributed by atoms with Crippen molar-refractivity contribution in [2.24, 2.45) is 0 Å². The molecule has 0 saturated carbocycles. The number of hydrogen-bond acceptors (Lipinski definition) is 7. The molecule has 2 N–H and O–H groups in total. The number of pyridine rings is 1. The summed E-state index contributed by atoms with van der Waals surface area (Å²) in [5, 5.41) is 18.4. The molecule has 1 fully saturated rings. The molecule has 180 valence electrons. The van der Waals surface area contributed by atoms with Crippen LogP contribution in [0.25, 0.3) is 11.0 Å². The number of anilines is 1. The van der Waals surface area contributed by atoms with Crippen molar-refractivity contribution in [1.82, 2.24) is 14.8 Å². The van der Waals surface area contributed by atoms with E-state index in [0.29, 0.717) is 42.7 Å². The molecule has 4 aromatic rings. The number of nitrogens with one attached hydrogen (secondary N) is 1. The Labute approximate surface area is 202 Å². The highest BCUT2D eigenvalue weighted by Crippen LogP contribution is 2.35. The van der Waals surface area contributed by atoms with E-state index in [-0.39, 0.29) is 11.6 Å². The number of ether oxygens (including phenoxy) is 3. The van der Waals surface area contributed by atoms with Crippen LogP contribution in [0.1, 0.15) is 28.8 Å². The Balaban J connectivity index is 1.51. The van der Waals surface area contributed by atoms with E-state index in [2.05, 4.69) is 10.3 Å². The van der Waals surface area contributed by atoms with Crippen LogP contribution in [0.5, 0.6) is 17.2 Å². The quantitative estimate of drug-likeness (QED) is 0.382. The van der Waals surface area contributed by atoms with Gasteiger partial charge in [0.1, 0.15) is 22.6 Å². The summed E-state index contributed by atoms with van der Waals surface area (Å²) in [7, 11) is 1.64. The molecule has 35 heavy (non-hydrogen) atoms. The molecule has 1 aliphatic heterocycles. The second-order valence-electron chi connectivity index (χ2n) is 8.32. The summed E-state index contributed by atoms with van der Waals surface area (Å²) < 4.78 is 18.8. The number of carboxylic acid groups (broad SMARTS) is 1. The predicted octanol–water partition coefficient (Wildman–Crippen LogP) is 4.57. The molecule has 0 aliphatic carbocycles. The summed E-state index contributed by atoms with van der Waals surface area (Å²) in [6.45, 7) is 1.94. The third kappa shape index (κ3) is 5.04. The van der Waals surface area contributed by atoms with Crippen molar-refractivity contribution in [3.63, 3.8) is 0 Å². The fourth-order valence-electron chi connectivity index (χ4n) is 4.10. The monoisotopic (exact) mass is 474 g/mol. The van der Waals surface area contributed by atoms with Crippen LogP contribution in [0.3, 0.4) is 0 Å². The van der Waals surface area contributed by atoms with E-state index < -0.39 is 5.97 Å². The Morgan fingerprint density at radius 2 is 1.80 bits per heavy atom. The number of benzene rings is 2. The number of nitrogens with zero attached hydrogens (tertiary/aromatic N) is 3. The number of fused-ring (bicyclic) bond motifs is 1. The molecule has 0 unspecified atom stereocenters. The SMILES string of the molecule is COc1ccc(Cn2nc(NC3CCOCC3)c3c(Oc4ccc(C(=O)O)cc4)ccnc32)cc1. The van der Waals surface area contributed by atoms with Gasteiger partial charge in [-0.05, 0) is 54.8 Å². The zero-order chi connectivity index (χ0) is 24.2. The fourth-order valence-corrected chi connectivity index (χ4v) is 4.10. The van der Waals surface area contributed by atoms with Gasteiger partial charge in [-0.25, -0.2) is 14.5 Å². The zero-order valence-corrected chi connectivity index (χ0v) is 19.3. The lowest BCUT2D eigenvalue weighted by Crippen LogP contribution is -2.28. The molecule has 0 radical (unpaired) electrons. The number of carboxylic acids is 1. The van der Waals surface area contributed by atoms with Crippen molar-refractivity contribution in [2.75, 3.05) is 25.6 Å². The molecule has 9 nitrogen and oxygen atoms in total. The van der Waals surface area contributed by atoms with E-state index >= 15 is 0 Å². The normalized spacial score (nSPS) is 14.1. The fraction of sp³-hybridized carbons (Fsp3) is 0.269. The third-order valence-electron chi connectivity index (χ3n) is 5.98. The minimum atomic E-state index is -0.981. The Bertz CT molecular complexity index is 1310. The predicted molar refractivity (Wildman–Crippen MR) is 131 cm³/mol. The van der Waals surface area contributed by atoms with Crippen LogP contribution in [0.2, 0.25) is 0 Å². The molecule has 0 spiro atoms. The van der Waals surface area contributed by atoms with Gasteiger partial charge in [-0.15, -0.1) is 0 Å². The Morgan fingerprint density at radius 1 is 1.09 bits per heavy atom. The summed E-state index contributed by atoms with van der Waals surface area (Å²) in [6.07, 6.45) is 3.47. The second-order valence-corrected chi connectivity index (χ2v) is 8.32. The Morgan fingerprint density at radius 3 is 2.49 bits per heavy atom. The lowest BCUT2D eigenvalue weighted by molar-refractivity contribution is 0.0697.